The maximum Gasteiger partial charge on any atom is 0.269 e. The van der Waals surface area contributed by atoms with Crippen molar-refractivity contribution in [3.63, 3.8) is 0 Å². The third-order valence-corrected chi connectivity index (χ3v) is 7.74. The molecule has 1 saturated heterocycles. The normalized spacial score (nSPS) is 19.3. The molecule has 1 aromatic carbocycles. The van der Waals surface area contributed by atoms with Gasteiger partial charge in [-0.1, -0.05) is 24.6 Å². The second-order valence-corrected chi connectivity index (χ2v) is 9.81. The number of hydrogen-bond acceptors (Lipinski definition) is 6. The van der Waals surface area contributed by atoms with Crippen molar-refractivity contribution in [3.8, 4) is 6.07 Å². The van der Waals surface area contributed by atoms with Crippen molar-refractivity contribution in [1.29, 1.82) is 5.26 Å². The summed E-state index contributed by atoms with van der Waals surface area (Å²) in [6, 6.07) is 11.2. The van der Waals surface area contributed by atoms with Crippen molar-refractivity contribution in [2.75, 3.05) is 11.6 Å². The lowest BCUT2D eigenvalue weighted by Crippen LogP contribution is -2.38. The Kier molecular flexibility index (Phi) is 4.48. The van der Waals surface area contributed by atoms with Gasteiger partial charge in [0.25, 0.3) is 10.0 Å². The van der Waals surface area contributed by atoms with E-state index in [0.29, 0.717) is 23.1 Å². The Labute approximate surface area is 180 Å². The van der Waals surface area contributed by atoms with Gasteiger partial charge in [-0.15, -0.1) is 0 Å². The van der Waals surface area contributed by atoms with Crippen LogP contribution in [0.15, 0.2) is 53.9 Å². The molecule has 0 N–H and O–H groups in total. The van der Waals surface area contributed by atoms with Gasteiger partial charge in [0.2, 0.25) is 0 Å². The third kappa shape index (κ3) is 2.98. The molecule has 0 spiro atoms. The van der Waals surface area contributed by atoms with E-state index in [-0.39, 0.29) is 16.9 Å². The van der Waals surface area contributed by atoms with Crippen LogP contribution in [-0.2, 0) is 10.0 Å². The Morgan fingerprint density at radius 3 is 2.68 bits per heavy atom. The van der Waals surface area contributed by atoms with Gasteiger partial charge in [-0.3, -0.25) is 0 Å². The van der Waals surface area contributed by atoms with Crippen LogP contribution in [0.2, 0.25) is 0 Å². The predicted octanol–water partition coefficient (Wildman–Crippen LogP) is 3.19. The molecule has 5 rings (SSSR count). The zero-order valence-corrected chi connectivity index (χ0v) is 18.1. The van der Waals surface area contributed by atoms with E-state index in [1.165, 1.54) is 3.97 Å². The zero-order valence-electron chi connectivity index (χ0n) is 17.3. The maximum atomic E-state index is 13.3. The SMILES string of the molecule is CC[C@@H]1C[C@H](C#N)CN1n1cnc2cnc3c(ccn3S(=O)(=O)c3ccc(C)cc3)c21. The second-order valence-electron chi connectivity index (χ2n) is 7.99. The fraction of sp³-hybridized carbons (Fsp3) is 0.318. The fourth-order valence-corrected chi connectivity index (χ4v) is 5.70. The van der Waals surface area contributed by atoms with Gasteiger partial charge in [0.05, 0.1) is 29.6 Å². The van der Waals surface area contributed by atoms with Crippen molar-refractivity contribution < 1.29 is 8.42 Å². The molecular weight excluding hydrogens is 412 g/mol. The number of nitrogens with zero attached hydrogens (tertiary/aromatic N) is 6. The van der Waals surface area contributed by atoms with Crippen LogP contribution in [0.25, 0.3) is 22.1 Å². The van der Waals surface area contributed by atoms with Gasteiger partial charge < -0.3 is 5.01 Å². The van der Waals surface area contributed by atoms with Crippen LogP contribution in [0.1, 0.15) is 25.3 Å². The van der Waals surface area contributed by atoms with Crippen LogP contribution in [0.4, 0.5) is 0 Å². The summed E-state index contributed by atoms with van der Waals surface area (Å²) in [4.78, 5) is 9.13. The highest BCUT2D eigenvalue weighted by Gasteiger charge is 2.32. The number of imidazole rings is 1. The molecule has 8 nitrogen and oxygen atoms in total. The van der Waals surface area contributed by atoms with Gasteiger partial charge in [-0.25, -0.2) is 27.0 Å². The molecule has 9 heteroatoms. The third-order valence-electron chi connectivity index (χ3n) is 6.06. The molecule has 0 aliphatic carbocycles. The lowest BCUT2D eigenvalue weighted by Gasteiger charge is -2.27. The molecule has 0 unspecified atom stereocenters. The summed E-state index contributed by atoms with van der Waals surface area (Å²) < 4.78 is 29.7. The summed E-state index contributed by atoms with van der Waals surface area (Å²) in [6.07, 6.45) is 6.61. The van der Waals surface area contributed by atoms with E-state index in [1.54, 1.807) is 49.1 Å². The summed E-state index contributed by atoms with van der Waals surface area (Å²) in [6.45, 7) is 4.64. The monoisotopic (exact) mass is 434 g/mol. The molecule has 158 valence electrons. The fourth-order valence-electron chi connectivity index (χ4n) is 4.40. The first-order valence-corrected chi connectivity index (χ1v) is 11.7. The van der Waals surface area contributed by atoms with Gasteiger partial charge in [0.15, 0.2) is 5.65 Å². The highest BCUT2D eigenvalue weighted by atomic mass is 32.2. The number of benzene rings is 1. The molecule has 0 amide bonds. The number of aromatic nitrogens is 4. The standard InChI is InChI=1S/C22H22N6O2S/c1-3-17-10-16(11-23)13-26(17)27-14-25-20-12-24-22-19(21(20)27)8-9-28(22)31(29,30)18-6-4-15(2)5-7-18/h4-9,12,14,16-17H,3,10,13H2,1-2H3/t16-,17-/m1/s1. The van der Waals surface area contributed by atoms with Crippen molar-refractivity contribution >= 4 is 32.1 Å². The van der Waals surface area contributed by atoms with Crippen molar-refractivity contribution in [1.82, 2.24) is 18.6 Å². The van der Waals surface area contributed by atoms with Gasteiger partial charge in [0.1, 0.15) is 17.4 Å². The number of nitriles is 1. The number of hydrogen-bond donors (Lipinski definition) is 0. The summed E-state index contributed by atoms with van der Waals surface area (Å²) in [7, 11) is -3.78. The van der Waals surface area contributed by atoms with Gasteiger partial charge in [-0.2, -0.15) is 5.26 Å². The van der Waals surface area contributed by atoms with E-state index < -0.39 is 10.0 Å². The molecule has 4 heterocycles. The van der Waals surface area contributed by atoms with Crippen molar-refractivity contribution in [2.24, 2.45) is 5.92 Å². The molecule has 1 fully saturated rings. The van der Waals surface area contributed by atoms with E-state index in [4.69, 9.17) is 0 Å². The molecule has 3 aromatic heterocycles. The average molecular weight is 435 g/mol. The Hall–Kier alpha value is -3.38. The van der Waals surface area contributed by atoms with Gasteiger partial charge in [0, 0.05) is 17.6 Å². The second kappa shape index (κ2) is 7.10. The molecule has 0 radical (unpaired) electrons. The summed E-state index contributed by atoms with van der Waals surface area (Å²) in [5.41, 5.74) is 2.85. The molecule has 0 bridgehead atoms. The van der Waals surface area contributed by atoms with Crippen LogP contribution in [-0.4, -0.2) is 39.6 Å². The first kappa shape index (κ1) is 19.6. The van der Waals surface area contributed by atoms with Crippen molar-refractivity contribution in [2.45, 2.75) is 37.6 Å². The number of aryl methyl sites for hydroxylation is 1. The molecule has 1 aliphatic heterocycles. The van der Waals surface area contributed by atoms with Crippen LogP contribution in [0.5, 0.6) is 0 Å². The van der Waals surface area contributed by atoms with E-state index >= 15 is 0 Å². The zero-order chi connectivity index (χ0) is 21.8. The van der Waals surface area contributed by atoms with E-state index in [2.05, 4.69) is 28.0 Å². The first-order valence-electron chi connectivity index (χ1n) is 10.3. The summed E-state index contributed by atoms with van der Waals surface area (Å²) in [5, 5.41) is 12.3. The molecule has 1 aliphatic rings. The Morgan fingerprint density at radius 2 is 1.97 bits per heavy atom. The average Bonchev–Trinajstić information content (AvgIpc) is 3.48. The number of rotatable bonds is 4. The molecule has 2 atom stereocenters. The highest BCUT2D eigenvalue weighted by molar-refractivity contribution is 7.90. The Balaban J connectivity index is 1.68. The minimum Gasteiger partial charge on any atom is -0.307 e. The maximum absolute atomic E-state index is 13.3. The minimum absolute atomic E-state index is 0.0359. The van der Waals surface area contributed by atoms with Crippen LogP contribution < -0.4 is 5.01 Å². The predicted molar refractivity (Wildman–Crippen MR) is 118 cm³/mol. The minimum atomic E-state index is -3.78. The van der Waals surface area contributed by atoms with E-state index in [1.807, 2.05) is 11.6 Å². The quantitative estimate of drug-likeness (QED) is 0.489. The van der Waals surface area contributed by atoms with Crippen LogP contribution in [0.3, 0.4) is 0 Å². The smallest absolute Gasteiger partial charge is 0.269 e. The first-order chi connectivity index (χ1) is 14.9. The Morgan fingerprint density at radius 1 is 1.19 bits per heavy atom. The van der Waals surface area contributed by atoms with E-state index in [0.717, 1.165) is 23.9 Å². The van der Waals surface area contributed by atoms with Gasteiger partial charge in [-0.05, 0) is 38.0 Å². The summed E-state index contributed by atoms with van der Waals surface area (Å²) in [5.74, 6) is -0.0359. The van der Waals surface area contributed by atoms with Gasteiger partial charge >= 0.3 is 0 Å². The van der Waals surface area contributed by atoms with Crippen LogP contribution >= 0.6 is 0 Å². The Bertz CT molecular complexity index is 1430. The topological polar surface area (TPSA) is 96.8 Å². The molecule has 0 saturated carbocycles. The summed E-state index contributed by atoms with van der Waals surface area (Å²) >= 11 is 0. The number of pyridine rings is 1. The molecular formula is C22H22N6O2S. The highest BCUT2D eigenvalue weighted by Crippen LogP contribution is 2.30. The van der Waals surface area contributed by atoms with E-state index in [9.17, 15) is 13.7 Å². The lowest BCUT2D eigenvalue weighted by molar-refractivity contribution is 0.536. The van der Waals surface area contributed by atoms with Crippen molar-refractivity contribution in [3.05, 3.63) is 54.6 Å². The molecule has 31 heavy (non-hydrogen) atoms. The number of fused-ring (bicyclic) bond motifs is 3. The largest absolute Gasteiger partial charge is 0.307 e. The van der Waals surface area contributed by atoms with Crippen LogP contribution in [0, 0.1) is 24.2 Å². The molecule has 4 aromatic rings. The lowest BCUT2D eigenvalue weighted by atomic mass is 10.1.